The van der Waals surface area contributed by atoms with Crippen molar-refractivity contribution in [3.05, 3.63) is 17.9 Å². The second-order valence-corrected chi connectivity index (χ2v) is 4.26. The summed E-state index contributed by atoms with van der Waals surface area (Å²) in [6, 6.07) is 2.73. The van der Waals surface area contributed by atoms with Gasteiger partial charge in [0, 0.05) is 18.7 Å². The molecule has 0 heterocycles. The van der Waals surface area contributed by atoms with Crippen LogP contribution in [-0.2, 0) is 0 Å². The third-order valence-electron chi connectivity index (χ3n) is 2.37. The van der Waals surface area contributed by atoms with Gasteiger partial charge in [-0.15, -0.1) is 0 Å². The molecule has 1 rings (SSSR count). The summed E-state index contributed by atoms with van der Waals surface area (Å²) >= 11 is 0. The standard InChI is InChI=1S/C13H21FN2O2/c1-4-17-12-9-13(11(15)8-10(12)14)18-7-5-6-16(2)3/h8-9H,4-7,15H2,1-3H3. The first-order valence-corrected chi connectivity index (χ1v) is 6.04. The molecular weight excluding hydrogens is 235 g/mol. The fourth-order valence-electron chi connectivity index (χ4n) is 1.50. The van der Waals surface area contributed by atoms with Crippen molar-refractivity contribution in [1.29, 1.82) is 0 Å². The van der Waals surface area contributed by atoms with Gasteiger partial charge in [-0.2, -0.15) is 0 Å². The van der Waals surface area contributed by atoms with E-state index in [1.165, 1.54) is 12.1 Å². The molecule has 0 bridgehead atoms. The predicted molar refractivity (Wildman–Crippen MR) is 70.6 cm³/mol. The number of rotatable bonds is 7. The molecule has 0 atom stereocenters. The van der Waals surface area contributed by atoms with Gasteiger partial charge in [0.05, 0.1) is 18.9 Å². The number of nitrogens with two attached hydrogens (primary N) is 1. The van der Waals surface area contributed by atoms with Crippen molar-refractivity contribution < 1.29 is 13.9 Å². The average molecular weight is 256 g/mol. The zero-order valence-electron chi connectivity index (χ0n) is 11.2. The minimum Gasteiger partial charge on any atom is -0.491 e. The van der Waals surface area contributed by atoms with Crippen LogP contribution in [0.2, 0.25) is 0 Å². The van der Waals surface area contributed by atoms with Crippen LogP contribution >= 0.6 is 0 Å². The molecule has 0 saturated heterocycles. The van der Waals surface area contributed by atoms with Crippen molar-refractivity contribution in [2.24, 2.45) is 0 Å². The number of hydrogen-bond acceptors (Lipinski definition) is 4. The van der Waals surface area contributed by atoms with Crippen molar-refractivity contribution >= 4 is 5.69 Å². The minimum absolute atomic E-state index is 0.175. The molecule has 0 saturated carbocycles. The number of ether oxygens (including phenoxy) is 2. The number of halogens is 1. The van der Waals surface area contributed by atoms with Gasteiger partial charge in [-0.3, -0.25) is 0 Å². The van der Waals surface area contributed by atoms with Gasteiger partial charge in [0.1, 0.15) is 5.75 Å². The summed E-state index contributed by atoms with van der Waals surface area (Å²) in [4.78, 5) is 2.07. The first-order chi connectivity index (χ1) is 8.54. The second kappa shape index (κ2) is 7.06. The Morgan fingerprint density at radius 3 is 2.56 bits per heavy atom. The fourth-order valence-corrected chi connectivity index (χ4v) is 1.50. The Bertz CT molecular complexity index is 383. The molecule has 4 nitrogen and oxygen atoms in total. The topological polar surface area (TPSA) is 47.7 Å². The van der Waals surface area contributed by atoms with E-state index in [9.17, 15) is 4.39 Å². The van der Waals surface area contributed by atoms with Gasteiger partial charge in [0.2, 0.25) is 0 Å². The van der Waals surface area contributed by atoms with Gasteiger partial charge in [-0.05, 0) is 27.4 Å². The largest absolute Gasteiger partial charge is 0.491 e. The van der Waals surface area contributed by atoms with Gasteiger partial charge < -0.3 is 20.1 Å². The molecular formula is C13H21FN2O2. The summed E-state index contributed by atoms with van der Waals surface area (Å²) in [7, 11) is 4.00. The van der Waals surface area contributed by atoms with E-state index in [0.29, 0.717) is 24.7 Å². The predicted octanol–water partition coefficient (Wildman–Crippen LogP) is 2.14. The number of hydrogen-bond donors (Lipinski definition) is 1. The molecule has 2 N–H and O–H groups in total. The normalized spacial score (nSPS) is 10.7. The number of nitrogen functional groups attached to an aromatic ring is 1. The molecule has 5 heteroatoms. The van der Waals surface area contributed by atoms with Crippen LogP contribution in [0.1, 0.15) is 13.3 Å². The lowest BCUT2D eigenvalue weighted by molar-refractivity contribution is 0.278. The highest BCUT2D eigenvalue weighted by Crippen LogP contribution is 2.30. The maximum Gasteiger partial charge on any atom is 0.167 e. The fraction of sp³-hybridized carbons (Fsp3) is 0.538. The van der Waals surface area contributed by atoms with E-state index in [-0.39, 0.29) is 5.75 Å². The van der Waals surface area contributed by atoms with E-state index in [1.54, 1.807) is 6.92 Å². The van der Waals surface area contributed by atoms with Crippen LogP contribution in [0.15, 0.2) is 12.1 Å². The molecule has 1 aromatic carbocycles. The smallest absolute Gasteiger partial charge is 0.167 e. The molecule has 0 aliphatic carbocycles. The van der Waals surface area contributed by atoms with Crippen molar-refractivity contribution in [1.82, 2.24) is 4.90 Å². The van der Waals surface area contributed by atoms with Crippen LogP contribution in [-0.4, -0.2) is 38.8 Å². The molecule has 0 radical (unpaired) electrons. The summed E-state index contributed by atoms with van der Waals surface area (Å²) in [6.07, 6.45) is 0.883. The van der Waals surface area contributed by atoms with E-state index < -0.39 is 5.82 Å². The molecule has 0 aromatic heterocycles. The molecule has 0 spiro atoms. The second-order valence-electron chi connectivity index (χ2n) is 4.26. The summed E-state index contributed by atoms with van der Waals surface area (Å²) in [6.45, 7) is 3.67. The Hall–Kier alpha value is -1.49. The zero-order valence-corrected chi connectivity index (χ0v) is 11.2. The first-order valence-electron chi connectivity index (χ1n) is 6.04. The number of anilines is 1. The van der Waals surface area contributed by atoms with E-state index in [2.05, 4.69) is 4.90 Å². The van der Waals surface area contributed by atoms with Gasteiger partial charge in [0.25, 0.3) is 0 Å². The Balaban J connectivity index is 2.61. The Labute approximate surface area is 107 Å². The van der Waals surface area contributed by atoms with Crippen LogP contribution in [0.4, 0.5) is 10.1 Å². The highest BCUT2D eigenvalue weighted by Gasteiger charge is 2.09. The lowest BCUT2D eigenvalue weighted by atomic mass is 10.2. The van der Waals surface area contributed by atoms with E-state index in [0.717, 1.165) is 13.0 Å². The van der Waals surface area contributed by atoms with Crippen LogP contribution in [0.3, 0.4) is 0 Å². The van der Waals surface area contributed by atoms with Crippen LogP contribution in [0.25, 0.3) is 0 Å². The van der Waals surface area contributed by atoms with Gasteiger partial charge in [-0.1, -0.05) is 0 Å². The van der Waals surface area contributed by atoms with E-state index in [1.807, 2.05) is 14.1 Å². The minimum atomic E-state index is -0.463. The van der Waals surface area contributed by atoms with Crippen molar-refractivity contribution in [3.63, 3.8) is 0 Å². The number of nitrogens with zero attached hydrogens (tertiary/aromatic N) is 1. The Morgan fingerprint density at radius 1 is 1.22 bits per heavy atom. The zero-order chi connectivity index (χ0) is 13.5. The molecule has 102 valence electrons. The van der Waals surface area contributed by atoms with Crippen molar-refractivity contribution in [3.8, 4) is 11.5 Å². The highest BCUT2D eigenvalue weighted by molar-refractivity contribution is 5.56. The molecule has 0 fully saturated rings. The summed E-state index contributed by atoms with van der Waals surface area (Å²) in [5, 5.41) is 0. The molecule has 0 aliphatic heterocycles. The van der Waals surface area contributed by atoms with Crippen LogP contribution in [0.5, 0.6) is 11.5 Å². The third kappa shape index (κ3) is 4.41. The quantitative estimate of drug-likeness (QED) is 0.600. The first kappa shape index (κ1) is 14.6. The maximum atomic E-state index is 13.4. The van der Waals surface area contributed by atoms with Gasteiger partial charge in [0.15, 0.2) is 11.6 Å². The Morgan fingerprint density at radius 2 is 1.94 bits per heavy atom. The number of benzene rings is 1. The molecule has 0 amide bonds. The van der Waals surface area contributed by atoms with Gasteiger partial charge >= 0.3 is 0 Å². The molecule has 1 aromatic rings. The van der Waals surface area contributed by atoms with Crippen molar-refractivity contribution in [2.75, 3.05) is 39.6 Å². The van der Waals surface area contributed by atoms with Gasteiger partial charge in [-0.25, -0.2) is 4.39 Å². The van der Waals surface area contributed by atoms with Crippen molar-refractivity contribution in [2.45, 2.75) is 13.3 Å². The maximum absolute atomic E-state index is 13.4. The van der Waals surface area contributed by atoms with Crippen LogP contribution < -0.4 is 15.2 Å². The molecule has 0 aliphatic rings. The lowest BCUT2D eigenvalue weighted by Gasteiger charge is -2.13. The highest BCUT2D eigenvalue weighted by atomic mass is 19.1. The summed E-state index contributed by atoms with van der Waals surface area (Å²) < 4.78 is 24.1. The lowest BCUT2D eigenvalue weighted by Crippen LogP contribution is -2.15. The van der Waals surface area contributed by atoms with E-state index in [4.69, 9.17) is 15.2 Å². The van der Waals surface area contributed by atoms with E-state index >= 15 is 0 Å². The Kier molecular flexibility index (Phi) is 5.71. The summed E-state index contributed by atoms with van der Waals surface area (Å²) in [5.41, 5.74) is 5.99. The molecule has 18 heavy (non-hydrogen) atoms. The molecule has 0 unspecified atom stereocenters. The third-order valence-corrected chi connectivity index (χ3v) is 2.37. The SMILES string of the molecule is CCOc1cc(OCCCN(C)C)c(N)cc1F. The average Bonchev–Trinajstić information content (AvgIpc) is 2.29. The van der Waals surface area contributed by atoms with Crippen LogP contribution in [0, 0.1) is 5.82 Å². The monoisotopic (exact) mass is 256 g/mol. The summed E-state index contributed by atoms with van der Waals surface area (Å²) in [5.74, 6) is 0.183.